The number of fused-ring (bicyclic) bond motifs is 1. The van der Waals surface area contributed by atoms with Gasteiger partial charge >= 0.3 is 5.97 Å². The molecule has 0 aliphatic carbocycles. The first-order valence-corrected chi connectivity index (χ1v) is 6.04. The Morgan fingerprint density at radius 3 is 2.85 bits per heavy atom. The molecule has 0 saturated carbocycles. The van der Waals surface area contributed by atoms with Gasteiger partial charge < -0.3 is 9.15 Å². The SMILES string of the molecule is Cc1nnc(COC(=O)c2ccc3ccccc3n2)o1. The Morgan fingerprint density at radius 2 is 2.05 bits per heavy atom. The van der Waals surface area contributed by atoms with Gasteiger partial charge in [0.05, 0.1) is 5.52 Å². The van der Waals surface area contributed by atoms with Crippen LogP contribution < -0.4 is 0 Å². The maximum absolute atomic E-state index is 11.9. The van der Waals surface area contributed by atoms with E-state index in [4.69, 9.17) is 9.15 Å². The van der Waals surface area contributed by atoms with Gasteiger partial charge in [0, 0.05) is 12.3 Å². The Kier molecular flexibility index (Phi) is 3.12. The van der Waals surface area contributed by atoms with E-state index < -0.39 is 5.97 Å². The largest absolute Gasteiger partial charge is 0.451 e. The number of para-hydroxylation sites is 1. The number of benzene rings is 1. The maximum Gasteiger partial charge on any atom is 0.357 e. The average molecular weight is 269 g/mol. The highest BCUT2D eigenvalue weighted by atomic mass is 16.5. The van der Waals surface area contributed by atoms with E-state index in [2.05, 4.69) is 15.2 Å². The van der Waals surface area contributed by atoms with Gasteiger partial charge in [-0.05, 0) is 12.1 Å². The van der Waals surface area contributed by atoms with Crippen molar-refractivity contribution in [1.29, 1.82) is 0 Å². The normalized spacial score (nSPS) is 10.7. The summed E-state index contributed by atoms with van der Waals surface area (Å²) in [5, 5.41) is 8.37. The molecule has 0 spiro atoms. The zero-order chi connectivity index (χ0) is 13.9. The lowest BCUT2D eigenvalue weighted by atomic mass is 10.2. The molecule has 100 valence electrons. The molecule has 20 heavy (non-hydrogen) atoms. The molecule has 0 fully saturated rings. The fraction of sp³-hybridized carbons (Fsp3) is 0.143. The lowest BCUT2D eigenvalue weighted by molar-refractivity contribution is 0.0430. The van der Waals surface area contributed by atoms with Gasteiger partial charge in [-0.15, -0.1) is 10.2 Å². The van der Waals surface area contributed by atoms with Crippen LogP contribution in [0.15, 0.2) is 40.8 Å². The minimum Gasteiger partial charge on any atom is -0.451 e. The van der Waals surface area contributed by atoms with Crippen LogP contribution in [-0.4, -0.2) is 21.2 Å². The third kappa shape index (κ3) is 2.49. The Morgan fingerprint density at radius 1 is 1.20 bits per heavy atom. The summed E-state index contributed by atoms with van der Waals surface area (Å²) < 4.78 is 10.2. The molecule has 0 N–H and O–H groups in total. The predicted octanol–water partition coefficient (Wildman–Crippen LogP) is 2.28. The molecule has 0 aliphatic heterocycles. The summed E-state index contributed by atoms with van der Waals surface area (Å²) in [7, 11) is 0. The van der Waals surface area contributed by atoms with E-state index >= 15 is 0 Å². The topological polar surface area (TPSA) is 78.1 Å². The van der Waals surface area contributed by atoms with Crippen LogP contribution in [-0.2, 0) is 11.3 Å². The van der Waals surface area contributed by atoms with Gasteiger partial charge in [-0.3, -0.25) is 0 Å². The molecule has 3 rings (SSSR count). The first kappa shape index (κ1) is 12.3. The molecule has 3 aromatic rings. The summed E-state index contributed by atoms with van der Waals surface area (Å²) in [6.07, 6.45) is 0. The lowest BCUT2D eigenvalue weighted by Gasteiger charge is -2.03. The second-order valence-electron chi connectivity index (χ2n) is 4.18. The van der Waals surface area contributed by atoms with Crippen molar-refractivity contribution < 1.29 is 13.9 Å². The minimum absolute atomic E-state index is 0.0613. The van der Waals surface area contributed by atoms with Crippen LogP contribution in [0.4, 0.5) is 0 Å². The van der Waals surface area contributed by atoms with Crippen LogP contribution in [0.2, 0.25) is 0 Å². The van der Waals surface area contributed by atoms with Crippen molar-refractivity contribution in [3.8, 4) is 0 Å². The Hall–Kier alpha value is -2.76. The molecule has 1 aromatic carbocycles. The van der Waals surface area contributed by atoms with Gasteiger partial charge in [-0.2, -0.15) is 0 Å². The number of esters is 1. The molecular formula is C14H11N3O3. The highest BCUT2D eigenvalue weighted by Crippen LogP contribution is 2.12. The van der Waals surface area contributed by atoms with Crippen LogP contribution in [0.5, 0.6) is 0 Å². The summed E-state index contributed by atoms with van der Waals surface area (Å²) in [4.78, 5) is 16.1. The van der Waals surface area contributed by atoms with Gasteiger partial charge in [-0.25, -0.2) is 9.78 Å². The van der Waals surface area contributed by atoms with Crippen molar-refractivity contribution in [3.63, 3.8) is 0 Å². The third-order valence-corrected chi connectivity index (χ3v) is 2.70. The quantitative estimate of drug-likeness (QED) is 0.679. The van der Waals surface area contributed by atoms with Gasteiger partial charge in [0.1, 0.15) is 5.69 Å². The summed E-state index contributed by atoms with van der Waals surface area (Å²) in [6, 6.07) is 11.0. The first-order valence-electron chi connectivity index (χ1n) is 6.04. The molecule has 0 radical (unpaired) electrons. The molecule has 0 unspecified atom stereocenters. The van der Waals surface area contributed by atoms with E-state index in [0.717, 1.165) is 10.9 Å². The highest BCUT2D eigenvalue weighted by molar-refractivity contribution is 5.90. The molecule has 0 atom stereocenters. The molecule has 0 aliphatic rings. The average Bonchev–Trinajstić information content (AvgIpc) is 2.90. The Balaban J connectivity index is 1.75. The van der Waals surface area contributed by atoms with Crippen LogP contribution in [0.1, 0.15) is 22.3 Å². The number of hydrogen-bond donors (Lipinski definition) is 0. The number of ether oxygens (including phenoxy) is 1. The molecule has 6 nitrogen and oxygen atoms in total. The number of carbonyl (C=O) groups excluding carboxylic acids is 1. The third-order valence-electron chi connectivity index (χ3n) is 2.70. The van der Waals surface area contributed by atoms with Gasteiger partial charge in [-0.1, -0.05) is 24.3 Å². The van der Waals surface area contributed by atoms with E-state index in [9.17, 15) is 4.79 Å². The summed E-state index contributed by atoms with van der Waals surface area (Å²) in [5.74, 6) is 0.170. The summed E-state index contributed by atoms with van der Waals surface area (Å²) in [5.41, 5.74) is 0.996. The fourth-order valence-corrected chi connectivity index (χ4v) is 1.78. The second kappa shape index (κ2) is 5.08. The maximum atomic E-state index is 11.9. The highest BCUT2D eigenvalue weighted by Gasteiger charge is 2.12. The van der Waals surface area contributed by atoms with Crippen molar-refractivity contribution in [1.82, 2.24) is 15.2 Å². The van der Waals surface area contributed by atoms with Crippen molar-refractivity contribution in [2.45, 2.75) is 13.5 Å². The number of carbonyl (C=O) groups is 1. The van der Waals surface area contributed by atoms with E-state index in [1.165, 1.54) is 0 Å². The number of pyridine rings is 1. The van der Waals surface area contributed by atoms with Gasteiger partial charge in [0.2, 0.25) is 5.89 Å². The zero-order valence-corrected chi connectivity index (χ0v) is 10.7. The molecule has 2 heterocycles. The van der Waals surface area contributed by atoms with Gasteiger partial charge in [0.15, 0.2) is 6.61 Å². The van der Waals surface area contributed by atoms with Crippen molar-refractivity contribution in [3.05, 3.63) is 53.9 Å². The first-order chi connectivity index (χ1) is 9.72. The van der Waals surface area contributed by atoms with Crippen LogP contribution in [0, 0.1) is 6.92 Å². The number of hydrogen-bond acceptors (Lipinski definition) is 6. The lowest BCUT2D eigenvalue weighted by Crippen LogP contribution is -2.07. The number of nitrogens with zero attached hydrogens (tertiary/aromatic N) is 3. The number of aromatic nitrogens is 3. The standard InChI is InChI=1S/C14H11N3O3/c1-9-16-17-13(20-9)8-19-14(18)12-7-6-10-4-2-3-5-11(10)15-12/h2-7H,8H2,1H3. The Bertz CT molecular complexity index is 767. The zero-order valence-electron chi connectivity index (χ0n) is 10.7. The van der Waals surface area contributed by atoms with E-state index in [1.54, 1.807) is 13.0 Å². The predicted molar refractivity (Wildman–Crippen MR) is 69.9 cm³/mol. The monoisotopic (exact) mass is 269 g/mol. The molecule has 2 aromatic heterocycles. The van der Waals surface area contributed by atoms with Crippen LogP contribution in [0.3, 0.4) is 0 Å². The smallest absolute Gasteiger partial charge is 0.357 e. The number of aryl methyl sites for hydroxylation is 1. The van der Waals surface area contributed by atoms with Gasteiger partial charge in [0.25, 0.3) is 5.89 Å². The summed E-state index contributed by atoms with van der Waals surface area (Å²) in [6.45, 7) is 1.61. The molecule has 0 bridgehead atoms. The summed E-state index contributed by atoms with van der Waals surface area (Å²) >= 11 is 0. The molecule has 6 heteroatoms. The van der Waals surface area contributed by atoms with E-state index in [-0.39, 0.29) is 18.2 Å². The minimum atomic E-state index is -0.522. The number of rotatable bonds is 3. The van der Waals surface area contributed by atoms with Crippen molar-refractivity contribution in [2.24, 2.45) is 0 Å². The molecule has 0 amide bonds. The van der Waals surface area contributed by atoms with Crippen LogP contribution in [0.25, 0.3) is 10.9 Å². The van der Waals surface area contributed by atoms with Crippen LogP contribution >= 0.6 is 0 Å². The van der Waals surface area contributed by atoms with E-state index in [0.29, 0.717) is 5.89 Å². The fourth-order valence-electron chi connectivity index (χ4n) is 1.78. The van der Waals surface area contributed by atoms with Crippen molar-refractivity contribution in [2.75, 3.05) is 0 Å². The molecule has 0 saturated heterocycles. The molecular weight excluding hydrogens is 258 g/mol. The Labute approximate surface area is 114 Å². The second-order valence-corrected chi connectivity index (χ2v) is 4.18. The van der Waals surface area contributed by atoms with Crippen molar-refractivity contribution >= 4 is 16.9 Å². The van der Waals surface area contributed by atoms with E-state index in [1.807, 2.05) is 30.3 Å².